The first-order valence-corrected chi connectivity index (χ1v) is 9.98. The van der Waals surface area contributed by atoms with E-state index < -0.39 is 44.4 Å². The number of carbonyl (C=O) groups excluding carboxylic acids is 1. The molecule has 0 saturated heterocycles. The summed E-state index contributed by atoms with van der Waals surface area (Å²) in [6, 6.07) is 7.43. The van der Waals surface area contributed by atoms with E-state index in [4.69, 9.17) is 0 Å². The number of nitrogens with zero attached hydrogens (tertiary/aromatic N) is 2. The SMILES string of the molecule is O=C(Nc1ccc(S(=O)(=O)Nc2cc(C(F)(F)F)ccc2-n2cccn2)cc1)C(F)(F)F. The minimum Gasteiger partial charge on any atom is -0.318 e. The van der Waals surface area contributed by atoms with E-state index in [1.807, 2.05) is 4.72 Å². The van der Waals surface area contributed by atoms with Crippen LogP contribution in [0.25, 0.3) is 5.69 Å². The molecule has 3 rings (SSSR count). The molecule has 0 radical (unpaired) electrons. The molecule has 170 valence electrons. The van der Waals surface area contributed by atoms with Crippen LogP contribution < -0.4 is 10.0 Å². The number of hydrogen-bond donors (Lipinski definition) is 2. The highest BCUT2D eigenvalue weighted by molar-refractivity contribution is 7.92. The highest BCUT2D eigenvalue weighted by Crippen LogP contribution is 2.34. The van der Waals surface area contributed by atoms with E-state index in [1.165, 1.54) is 18.5 Å². The summed E-state index contributed by atoms with van der Waals surface area (Å²) in [7, 11) is -4.46. The van der Waals surface area contributed by atoms with Gasteiger partial charge < -0.3 is 5.32 Å². The maximum Gasteiger partial charge on any atom is 0.471 e. The number of sulfonamides is 1. The van der Waals surface area contributed by atoms with Crippen molar-refractivity contribution in [1.82, 2.24) is 9.78 Å². The number of halogens is 6. The molecule has 0 saturated carbocycles. The Hall–Kier alpha value is -3.55. The summed E-state index contributed by atoms with van der Waals surface area (Å²) in [5, 5.41) is 5.42. The van der Waals surface area contributed by atoms with Gasteiger partial charge in [0.2, 0.25) is 0 Å². The van der Waals surface area contributed by atoms with Crippen molar-refractivity contribution in [1.29, 1.82) is 0 Å². The number of benzene rings is 2. The van der Waals surface area contributed by atoms with Crippen LogP contribution in [0.1, 0.15) is 5.56 Å². The standard InChI is InChI=1S/C18H12F6N4O3S/c19-17(20,21)11-2-7-15(28-9-1-8-25-28)14(10-11)27-32(30,31)13-5-3-12(4-6-13)26-16(29)18(22,23)24/h1-10,27H,(H,26,29). The Balaban J connectivity index is 1.93. The normalized spacial score (nSPS) is 12.4. The van der Waals surface area contributed by atoms with Crippen molar-refractivity contribution in [2.24, 2.45) is 0 Å². The Morgan fingerprint density at radius 2 is 1.62 bits per heavy atom. The highest BCUT2D eigenvalue weighted by Gasteiger charge is 2.38. The van der Waals surface area contributed by atoms with Crippen molar-refractivity contribution in [3.05, 3.63) is 66.5 Å². The summed E-state index contributed by atoms with van der Waals surface area (Å²) in [4.78, 5) is 10.5. The van der Waals surface area contributed by atoms with Crippen LogP contribution in [0.5, 0.6) is 0 Å². The van der Waals surface area contributed by atoms with Crippen molar-refractivity contribution in [3.63, 3.8) is 0 Å². The molecule has 0 fully saturated rings. The highest BCUT2D eigenvalue weighted by atomic mass is 32.2. The summed E-state index contributed by atoms with van der Waals surface area (Å²) in [6.45, 7) is 0. The summed E-state index contributed by atoms with van der Waals surface area (Å²) >= 11 is 0. The van der Waals surface area contributed by atoms with Crippen LogP contribution in [-0.2, 0) is 21.0 Å². The molecule has 0 aliphatic heterocycles. The van der Waals surface area contributed by atoms with E-state index in [2.05, 4.69) is 5.10 Å². The first-order chi connectivity index (χ1) is 14.8. The van der Waals surface area contributed by atoms with Crippen LogP contribution in [-0.4, -0.2) is 30.3 Å². The van der Waals surface area contributed by atoms with E-state index in [-0.39, 0.29) is 11.4 Å². The van der Waals surface area contributed by atoms with Gasteiger partial charge in [0.1, 0.15) is 0 Å². The predicted molar refractivity (Wildman–Crippen MR) is 101 cm³/mol. The average Bonchev–Trinajstić information content (AvgIpc) is 3.21. The number of rotatable bonds is 5. The number of amides is 1. The smallest absolute Gasteiger partial charge is 0.318 e. The molecule has 2 aromatic carbocycles. The third-order valence-corrected chi connectivity index (χ3v) is 5.38. The fraction of sp³-hybridized carbons (Fsp3) is 0.111. The Bertz CT molecular complexity index is 1220. The molecule has 0 atom stereocenters. The molecule has 14 heteroatoms. The largest absolute Gasteiger partial charge is 0.471 e. The lowest BCUT2D eigenvalue weighted by Crippen LogP contribution is -2.29. The molecule has 0 aliphatic rings. The number of aromatic nitrogens is 2. The van der Waals surface area contributed by atoms with Gasteiger partial charge in [-0.25, -0.2) is 13.1 Å². The van der Waals surface area contributed by atoms with Gasteiger partial charge in [-0.2, -0.15) is 31.4 Å². The summed E-state index contributed by atoms with van der Waals surface area (Å²) in [6.07, 6.45) is -7.16. The lowest BCUT2D eigenvalue weighted by molar-refractivity contribution is -0.167. The van der Waals surface area contributed by atoms with Crippen LogP contribution in [0.15, 0.2) is 65.8 Å². The molecule has 1 heterocycles. The second-order valence-corrected chi connectivity index (χ2v) is 7.94. The first-order valence-electron chi connectivity index (χ1n) is 8.50. The molecule has 1 amide bonds. The lowest BCUT2D eigenvalue weighted by Gasteiger charge is -2.16. The topological polar surface area (TPSA) is 93.1 Å². The van der Waals surface area contributed by atoms with Crippen LogP contribution in [0, 0.1) is 0 Å². The van der Waals surface area contributed by atoms with Gasteiger partial charge in [-0.15, -0.1) is 0 Å². The molecular weight excluding hydrogens is 466 g/mol. The quantitative estimate of drug-likeness (QED) is 0.538. The second kappa shape index (κ2) is 8.18. The molecule has 7 nitrogen and oxygen atoms in total. The average molecular weight is 478 g/mol. The molecule has 0 aliphatic carbocycles. The van der Waals surface area contributed by atoms with E-state index in [0.717, 1.165) is 41.1 Å². The van der Waals surface area contributed by atoms with E-state index in [0.29, 0.717) is 6.07 Å². The zero-order valence-corrected chi connectivity index (χ0v) is 16.4. The predicted octanol–water partition coefficient (Wildman–Crippen LogP) is 4.19. The minimum atomic E-state index is -5.14. The molecule has 1 aromatic heterocycles. The van der Waals surface area contributed by atoms with E-state index in [1.54, 1.807) is 5.32 Å². The van der Waals surface area contributed by atoms with Crippen LogP contribution in [0.2, 0.25) is 0 Å². The Kier molecular flexibility index (Phi) is 5.91. The third kappa shape index (κ3) is 5.19. The number of alkyl halides is 6. The second-order valence-electron chi connectivity index (χ2n) is 6.26. The first kappa shape index (κ1) is 23.1. The van der Waals surface area contributed by atoms with Crippen molar-refractivity contribution in [3.8, 4) is 5.69 Å². The van der Waals surface area contributed by atoms with Crippen molar-refractivity contribution in [2.45, 2.75) is 17.2 Å². The number of carbonyl (C=O) groups is 1. The molecule has 0 bridgehead atoms. The maximum atomic E-state index is 13.1. The number of hydrogen-bond acceptors (Lipinski definition) is 4. The Morgan fingerprint density at radius 1 is 0.969 bits per heavy atom. The van der Waals surface area contributed by atoms with Crippen LogP contribution in [0.3, 0.4) is 0 Å². The molecule has 0 unspecified atom stereocenters. The van der Waals surface area contributed by atoms with Gasteiger partial charge in [0.05, 0.1) is 21.8 Å². The van der Waals surface area contributed by atoms with Gasteiger partial charge in [0.25, 0.3) is 10.0 Å². The lowest BCUT2D eigenvalue weighted by atomic mass is 10.1. The van der Waals surface area contributed by atoms with E-state index in [9.17, 15) is 39.6 Å². The summed E-state index contributed by atoms with van der Waals surface area (Å²) < 4.78 is 105. The maximum absolute atomic E-state index is 13.1. The van der Waals surface area contributed by atoms with Crippen LogP contribution in [0.4, 0.5) is 37.7 Å². The number of nitrogens with one attached hydrogen (secondary N) is 2. The molecule has 2 N–H and O–H groups in total. The van der Waals surface area contributed by atoms with Gasteiger partial charge in [-0.05, 0) is 48.5 Å². The van der Waals surface area contributed by atoms with Crippen molar-refractivity contribution >= 4 is 27.3 Å². The van der Waals surface area contributed by atoms with Crippen molar-refractivity contribution < 1.29 is 39.6 Å². The molecule has 0 spiro atoms. The zero-order chi connectivity index (χ0) is 23.7. The fourth-order valence-electron chi connectivity index (χ4n) is 2.53. The molecule has 32 heavy (non-hydrogen) atoms. The Morgan fingerprint density at radius 3 is 2.16 bits per heavy atom. The van der Waals surface area contributed by atoms with Crippen molar-refractivity contribution in [2.75, 3.05) is 10.0 Å². The minimum absolute atomic E-state index is 0.000589. The summed E-state index contributed by atoms with van der Waals surface area (Å²) in [5.74, 6) is -2.25. The Labute approximate surface area is 176 Å². The van der Waals surface area contributed by atoms with E-state index >= 15 is 0 Å². The number of anilines is 2. The molecule has 3 aromatic rings. The zero-order valence-electron chi connectivity index (χ0n) is 15.6. The van der Waals surface area contributed by atoms with Gasteiger partial charge in [0, 0.05) is 18.1 Å². The van der Waals surface area contributed by atoms with Gasteiger partial charge in [-0.1, -0.05) is 0 Å². The summed E-state index contributed by atoms with van der Waals surface area (Å²) in [5.41, 5.74) is -1.88. The van der Waals surface area contributed by atoms with Gasteiger partial charge in [0.15, 0.2) is 0 Å². The third-order valence-electron chi connectivity index (χ3n) is 4.00. The fourth-order valence-corrected chi connectivity index (χ4v) is 3.59. The monoisotopic (exact) mass is 478 g/mol. The van der Waals surface area contributed by atoms with Gasteiger partial charge in [-0.3, -0.25) is 9.52 Å². The molecular formula is C18H12F6N4O3S. The van der Waals surface area contributed by atoms with Crippen LogP contribution >= 0.6 is 0 Å². The van der Waals surface area contributed by atoms with Gasteiger partial charge >= 0.3 is 18.3 Å².